The first-order valence-electron chi connectivity index (χ1n) is 13.0. The van der Waals surface area contributed by atoms with Crippen LogP contribution in [0.25, 0.3) is 0 Å². The lowest BCUT2D eigenvalue weighted by Crippen LogP contribution is -2.52. The molecule has 2 fully saturated rings. The van der Waals surface area contributed by atoms with Gasteiger partial charge in [0.05, 0.1) is 23.4 Å². The fourth-order valence-electron chi connectivity index (χ4n) is 4.90. The van der Waals surface area contributed by atoms with Gasteiger partial charge < -0.3 is 20.9 Å². The largest absolute Gasteiger partial charge is 0.390 e. The number of carbonyl (C=O) groups excluding carboxylic acids is 3. The molecule has 2 heterocycles. The minimum atomic E-state index is -4.25. The van der Waals surface area contributed by atoms with E-state index in [4.69, 9.17) is 11.6 Å². The molecule has 0 saturated carbocycles. The Hall–Kier alpha value is -3.45. The molecule has 0 radical (unpaired) electrons. The van der Waals surface area contributed by atoms with Crippen LogP contribution in [0.2, 0.25) is 5.02 Å². The summed E-state index contributed by atoms with van der Waals surface area (Å²) >= 11 is 6.18. The van der Waals surface area contributed by atoms with E-state index in [1.165, 1.54) is 18.2 Å². The van der Waals surface area contributed by atoms with E-state index >= 15 is 0 Å². The lowest BCUT2D eigenvalue weighted by molar-refractivity contribution is -0.139. The van der Waals surface area contributed by atoms with Crippen molar-refractivity contribution in [2.45, 2.75) is 51.0 Å². The smallest absolute Gasteiger partial charge is 0.367 e. The average Bonchev–Trinajstić information content (AvgIpc) is 3.35. The second-order valence-corrected chi connectivity index (χ2v) is 10.5. The molecular weight excluding hydrogens is 573 g/mol. The van der Waals surface area contributed by atoms with Crippen LogP contribution in [0.5, 0.6) is 0 Å². The number of carbonyl (C=O) groups is 3. The Bertz CT molecular complexity index is 1320. The van der Waals surface area contributed by atoms with Crippen molar-refractivity contribution >= 4 is 40.7 Å². The molecule has 2 saturated heterocycles. The van der Waals surface area contributed by atoms with Crippen molar-refractivity contribution in [1.29, 1.82) is 0 Å². The normalized spacial score (nSPS) is 19.7. The number of anilines is 2. The fourth-order valence-corrected chi connectivity index (χ4v) is 5.06. The standard InChI is InChI=1S/C27H29ClF5N5O3/c1-15-14-38(11-10-37(15)9-8-27(31,32)33)21-12-17(28)3-5-19(21)36-25(40)18-4-2-16(23(29)24(18)30)13-34-26(41)20-6-7-22(39)35-20/h2-5,12,15,20H,6-11,13-14H2,1H3,(H,34,41)(H,35,39)(H,36,40)/t15-,20-/m1/s1. The molecule has 0 bridgehead atoms. The quantitative estimate of drug-likeness (QED) is 0.394. The molecule has 222 valence electrons. The number of nitrogens with zero attached hydrogens (tertiary/aromatic N) is 2. The Labute approximate surface area is 238 Å². The first-order chi connectivity index (χ1) is 19.3. The maximum atomic E-state index is 14.9. The number of rotatable bonds is 8. The van der Waals surface area contributed by atoms with E-state index in [0.717, 1.165) is 6.07 Å². The highest BCUT2D eigenvalue weighted by Crippen LogP contribution is 2.32. The average molecular weight is 602 g/mol. The van der Waals surface area contributed by atoms with Gasteiger partial charge in [-0.2, -0.15) is 13.2 Å². The second-order valence-electron chi connectivity index (χ2n) is 10.1. The van der Waals surface area contributed by atoms with Gasteiger partial charge in [0.15, 0.2) is 11.6 Å². The van der Waals surface area contributed by atoms with Gasteiger partial charge in [-0.05, 0) is 37.6 Å². The predicted octanol–water partition coefficient (Wildman–Crippen LogP) is 4.23. The van der Waals surface area contributed by atoms with E-state index in [0.29, 0.717) is 36.8 Å². The fraction of sp³-hybridized carbons (Fsp3) is 0.444. The summed E-state index contributed by atoms with van der Waals surface area (Å²) in [6.07, 6.45) is -4.66. The van der Waals surface area contributed by atoms with Crippen LogP contribution in [-0.2, 0) is 16.1 Å². The molecule has 0 spiro atoms. The topological polar surface area (TPSA) is 93.8 Å². The number of amides is 3. The Balaban J connectivity index is 1.43. The van der Waals surface area contributed by atoms with Crippen molar-refractivity contribution in [1.82, 2.24) is 15.5 Å². The van der Waals surface area contributed by atoms with Gasteiger partial charge in [-0.1, -0.05) is 17.7 Å². The molecule has 3 N–H and O–H groups in total. The molecule has 4 rings (SSSR count). The maximum absolute atomic E-state index is 14.9. The number of piperazine rings is 1. The van der Waals surface area contributed by atoms with Crippen LogP contribution >= 0.6 is 11.6 Å². The SMILES string of the molecule is C[C@@H]1CN(c2cc(Cl)ccc2NC(=O)c2ccc(CNC(=O)[C@H]3CCC(=O)N3)c(F)c2F)CCN1CCC(F)(F)F. The Morgan fingerprint density at radius 3 is 2.54 bits per heavy atom. The Kier molecular flexibility index (Phi) is 9.37. The maximum Gasteiger partial charge on any atom is 0.390 e. The lowest BCUT2D eigenvalue weighted by Gasteiger charge is -2.41. The highest BCUT2D eigenvalue weighted by Gasteiger charge is 2.32. The monoisotopic (exact) mass is 601 g/mol. The lowest BCUT2D eigenvalue weighted by atomic mass is 10.1. The third-order valence-corrected chi connectivity index (χ3v) is 7.40. The summed E-state index contributed by atoms with van der Waals surface area (Å²) in [5.41, 5.74) is 0.0191. The summed E-state index contributed by atoms with van der Waals surface area (Å²) in [5, 5.41) is 7.87. The first-order valence-corrected chi connectivity index (χ1v) is 13.4. The van der Waals surface area contributed by atoms with Crippen LogP contribution in [0.3, 0.4) is 0 Å². The molecule has 2 aliphatic heterocycles. The van der Waals surface area contributed by atoms with E-state index in [1.54, 1.807) is 17.9 Å². The third-order valence-electron chi connectivity index (χ3n) is 7.17. The minimum absolute atomic E-state index is 0.126. The molecule has 2 aromatic rings. The van der Waals surface area contributed by atoms with Gasteiger partial charge in [-0.15, -0.1) is 0 Å². The van der Waals surface area contributed by atoms with Crippen LogP contribution in [0.1, 0.15) is 42.1 Å². The number of alkyl halides is 3. The van der Waals surface area contributed by atoms with Gasteiger partial charge >= 0.3 is 6.18 Å². The third kappa shape index (κ3) is 7.64. The highest BCUT2D eigenvalue weighted by atomic mass is 35.5. The summed E-state index contributed by atoms with van der Waals surface area (Å²) in [6, 6.07) is 5.94. The zero-order valence-corrected chi connectivity index (χ0v) is 22.8. The molecule has 8 nitrogen and oxygen atoms in total. The molecule has 3 amide bonds. The molecule has 0 unspecified atom stereocenters. The van der Waals surface area contributed by atoms with E-state index in [9.17, 15) is 36.3 Å². The van der Waals surface area contributed by atoms with Crippen molar-refractivity contribution in [3.05, 3.63) is 58.1 Å². The number of nitrogens with one attached hydrogen (secondary N) is 3. The molecule has 2 aliphatic rings. The molecule has 41 heavy (non-hydrogen) atoms. The van der Waals surface area contributed by atoms with Crippen LogP contribution < -0.4 is 20.9 Å². The summed E-state index contributed by atoms with van der Waals surface area (Å²) < 4.78 is 67.8. The van der Waals surface area contributed by atoms with Gasteiger partial charge in [-0.3, -0.25) is 19.3 Å². The van der Waals surface area contributed by atoms with E-state index in [2.05, 4.69) is 16.0 Å². The molecular formula is C27H29ClF5N5O3. The summed E-state index contributed by atoms with van der Waals surface area (Å²) in [6.45, 7) is 2.40. The van der Waals surface area contributed by atoms with Crippen molar-refractivity contribution < 1.29 is 36.3 Å². The Morgan fingerprint density at radius 1 is 1.12 bits per heavy atom. The van der Waals surface area contributed by atoms with E-state index in [-0.39, 0.29) is 42.7 Å². The second kappa shape index (κ2) is 12.6. The zero-order valence-electron chi connectivity index (χ0n) is 22.1. The number of hydrogen-bond donors (Lipinski definition) is 3. The van der Waals surface area contributed by atoms with Crippen LogP contribution in [0.15, 0.2) is 30.3 Å². The molecule has 14 heteroatoms. The molecule has 0 aromatic heterocycles. The molecule has 2 aromatic carbocycles. The molecule has 2 atom stereocenters. The van der Waals surface area contributed by atoms with Crippen molar-refractivity contribution in [2.24, 2.45) is 0 Å². The van der Waals surface area contributed by atoms with Gasteiger partial charge in [0.25, 0.3) is 5.91 Å². The van der Waals surface area contributed by atoms with Gasteiger partial charge in [0, 0.05) is 55.8 Å². The molecule has 0 aliphatic carbocycles. The number of hydrogen-bond acceptors (Lipinski definition) is 5. The van der Waals surface area contributed by atoms with Gasteiger partial charge in [-0.25, -0.2) is 8.78 Å². The van der Waals surface area contributed by atoms with Crippen LogP contribution in [0, 0.1) is 11.6 Å². The number of benzene rings is 2. The van der Waals surface area contributed by atoms with Crippen molar-refractivity contribution in [2.75, 3.05) is 36.4 Å². The van der Waals surface area contributed by atoms with Gasteiger partial charge in [0.2, 0.25) is 11.8 Å². The highest BCUT2D eigenvalue weighted by molar-refractivity contribution is 6.31. The summed E-state index contributed by atoms with van der Waals surface area (Å²) in [4.78, 5) is 40.0. The van der Waals surface area contributed by atoms with E-state index < -0.39 is 47.7 Å². The van der Waals surface area contributed by atoms with Crippen LogP contribution in [-0.4, -0.2) is 67.1 Å². The van der Waals surface area contributed by atoms with Gasteiger partial charge in [0.1, 0.15) is 6.04 Å². The van der Waals surface area contributed by atoms with Crippen molar-refractivity contribution in [3.8, 4) is 0 Å². The zero-order chi connectivity index (χ0) is 29.9. The summed E-state index contributed by atoms with van der Waals surface area (Å²) in [7, 11) is 0. The minimum Gasteiger partial charge on any atom is -0.367 e. The van der Waals surface area contributed by atoms with E-state index in [1.807, 2.05) is 4.90 Å². The summed E-state index contributed by atoms with van der Waals surface area (Å²) in [5.74, 6) is -4.41. The van der Waals surface area contributed by atoms with Crippen molar-refractivity contribution in [3.63, 3.8) is 0 Å². The van der Waals surface area contributed by atoms with Crippen LogP contribution in [0.4, 0.5) is 33.3 Å². The Morgan fingerprint density at radius 2 is 1.88 bits per heavy atom. The number of halogens is 6. The first kappa shape index (κ1) is 30.5. The predicted molar refractivity (Wildman–Crippen MR) is 143 cm³/mol.